The number of hydrogen-bond acceptors (Lipinski definition) is 3. The molecule has 1 amide bonds. The van der Waals surface area contributed by atoms with E-state index in [1.165, 1.54) is 45.2 Å². The van der Waals surface area contributed by atoms with Crippen molar-refractivity contribution in [1.29, 1.82) is 0 Å². The normalized spacial score (nSPS) is 27.6. The van der Waals surface area contributed by atoms with E-state index in [0.717, 1.165) is 32.6 Å². The van der Waals surface area contributed by atoms with Crippen LogP contribution in [0.3, 0.4) is 0 Å². The maximum Gasteiger partial charge on any atom is 0.225 e. The fourth-order valence-electron chi connectivity index (χ4n) is 5.95. The summed E-state index contributed by atoms with van der Waals surface area (Å²) in [6.07, 6.45) is 13.2. The number of hydrogen-bond donors (Lipinski definition) is 0. The first-order valence-electron chi connectivity index (χ1n) is 11.8. The van der Waals surface area contributed by atoms with Gasteiger partial charge in [-0.05, 0) is 83.5 Å². The molecule has 5 heteroatoms. The molecule has 0 saturated carbocycles. The van der Waals surface area contributed by atoms with Crippen molar-refractivity contribution in [3.63, 3.8) is 0 Å². The molecular weight excluding hydrogens is 362 g/mol. The number of aromatic nitrogens is 1. The summed E-state index contributed by atoms with van der Waals surface area (Å²) in [7, 11) is 0. The second kappa shape index (κ2) is 9.22. The average molecular weight is 402 g/mol. The lowest BCUT2D eigenvalue weighted by atomic mass is 9.82. The Balaban J connectivity index is 1.48. The highest BCUT2D eigenvalue weighted by Crippen LogP contribution is 2.35. The smallest absolute Gasteiger partial charge is 0.225 e. The number of fused-ring (bicyclic) bond motifs is 1. The lowest BCUT2D eigenvalue weighted by Crippen LogP contribution is -2.53. The van der Waals surface area contributed by atoms with E-state index in [-0.39, 0.29) is 11.6 Å². The van der Waals surface area contributed by atoms with E-state index in [0.29, 0.717) is 24.3 Å². The van der Waals surface area contributed by atoms with Gasteiger partial charge in [0.05, 0.1) is 12.0 Å². The van der Waals surface area contributed by atoms with Crippen LogP contribution in [0.5, 0.6) is 0 Å². The zero-order chi connectivity index (χ0) is 20.3. The maximum atomic E-state index is 13.6. The van der Waals surface area contributed by atoms with Crippen LogP contribution in [0.25, 0.3) is 0 Å². The van der Waals surface area contributed by atoms with Crippen molar-refractivity contribution in [3.8, 4) is 0 Å². The number of ether oxygens (including phenoxy) is 1. The number of rotatable bonds is 6. The third kappa shape index (κ3) is 4.56. The van der Waals surface area contributed by atoms with E-state index in [9.17, 15) is 4.79 Å². The second-order valence-corrected chi connectivity index (χ2v) is 9.75. The van der Waals surface area contributed by atoms with Crippen molar-refractivity contribution < 1.29 is 9.53 Å². The van der Waals surface area contributed by atoms with Crippen molar-refractivity contribution in [2.75, 3.05) is 32.8 Å². The van der Waals surface area contributed by atoms with Crippen LogP contribution in [0.2, 0.25) is 0 Å². The molecule has 0 aromatic carbocycles. The Morgan fingerprint density at radius 1 is 1.10 bits per heavy atom. The molecule has 0 spiro atoms. The largest absolute Gasteiger partial charge is 0.381 e. The minimum atomic E-state index is -0.130. The number of piperidine rings is 2. The van der Waals surface area contributed by atoms with Gasteiger partial charge in [-0.1, -0.05) is 6.42 Å². The van der Waals surface area contributed by atoms with E-state index in [1.54, 1.807) is 0 Å². The van der Waals surface area contributed by atoms with Crippen molar-refractivity contribution in [2.45, 2.75) is 82.8 Å². The van der Waals surface area contributed by atoms with Crippen LogP contribution in [0.15, 0.2) is 24.5 Å². The van der Waals surface area contributed by atoms with E-state index in [2.05, 4.69) is 52.7 Å². The van der Waals surface area contributed by atoms with Crippen molar-refractivity contribution in [1.82, 2.24) is 14.4 Å². The third-order valence-electron chi connectivity index (χ3n) is 7.66. The monoisotopic (exact) mass is 401 g/mol. The molecule has 3 aliphatic rings. The molecule has 1 aromatic heterocycles. The first-order chi connectivity index (χ1) is 14.1. The lowest BCUT2D eigenvalue weighted by Gasteiger charge is -2.47. The molecule has 3 saturated heterocycles. The molecule has 3 aliphatic heterocycles. The summed E-state index contributed by atoms with van der Waals surface area (Å²) in [5, 5.41) is 0. The Kier molecular flexibility index (Phi) is 6.65. The van der Waals surface area contributed by atoms with Crippen LogP contribution in [0.4, 0.5) is 0 Å². The molecule has 4 rings (SSSR count). The third-order valence-corrected chi connectivity index (χ3v) is 7.66. The van der Waals surface area contributed by atoms with Crippen LogP contribution in [0, 0.1) is 5.92 Å². The van der Waals surface area contributed by atoms with Gasteiger partial charge < -0.3 is 19.1 Å². The second-order valence-electron chi connectivity index (χ2n) is 9.75. The van der Waals surface area contributed by atoms with Gasteiger partial charge >= 0.3 is 0 Å². The molecule has 0 aliphatic carbocycles. The van der Waals surface area contributed by atoms with Gasteiger partial charge in [-0.2, -0.15) is 0 Å². The Hall–Kier alpha value is -1.33. The summed E-state index contributed by atoms with van der Waals surface area (Å²) < 4.78 is 7.92. The zero-order valence-corrected chi connectivity index (χ0v) is 18.4. The molecule has 3 fully saturated rings. The molecule has 0 N–H and O–H groups in total. The predicted octanol–water partition coefficient (Wildman–Crippen LogP) is 3.89. The van der Waals surface area contributed by atoms with Gasteiger partial charge in [0.2, 0.25) is 5.91 Å². The summed E-state index contributed by atoms with van der Waals surface area (Å²) >= 11 is 0. The summed E-state index contributed by atoms with van der Waals surface area (Å²) in [5.74, 6) is 0.955. The van der Waals surface area contributed by atoms with Crippen molar-refractivity contribution in [2.24, 2.45) is 5.92 Å². The highest BCUT2D eigenvalue weighted by atomic mass is 16.5. The number of carbonyl (C=O) groups excluding carboxylic acids is 1. The zero-order valence-electron chi connectivity index (χ0n) is 18.4. The molecular formula is C24H39N3O2. The van der Waals surface area contributed by atoms with Gasteiger partial charge in [0.1, 0.15) is 0 Å². The van der Waals surface area contributed by atoms with Crippen LogP contribution < -0.4 is 0 Å². The fraction of sp³-hybridized carbons (Fsp3) is 0.792. The molecule has 2 atom stereocenters. The van der Waals surface area contributed by atoms with Gasteiger partial charge in [0.25, 0.3) is 0 Å². The minimum Gasteiger partial charge on any atom is -0.381 e. The quantitative estimate of drug-likeness (QED) is 0.726. The molecule has 4 heterocycles. The number of carbonyl (C=O) groups is 1. The Bertz CT molecular complexity index is 649. The van der Waals surface area contributed by atoms with Gasteiger partial charge in [-0.15, -0.1) is 0 Å². The summed E-state index contributed by atoms with van der Waals surface area (Å²) in [4.78, 5) is 18.6. The Morgan fingerprint density at radius 3 is 2.55 bits per heavy atom. The van der Waals surface area contributed by atoms with Gasteiger partial charge in [0, 0.05) is 44.2 Å². The molecule has 5 nitrogen and oxygen atoms in total. The van der Waals surface area contributed by atoms with Gasteiger partial charge in [-0.3, -0.25) is 4.79 Å². The van der Waals surface area contributed by atoms with Crippen LogP contribution in [0.1, 0.15) is 65.2 Å². The van der Waals surface area contributed by atoms with Gasteiger partial charge in [-0.25, -0.2) is 0 Å². The maximum absolute atomic E-state index is 13.6. The molecule has 0 radical (unpaired) electrons. The van der Waals surface area contributed by atoms with E-state index in [4.69, 9.17) is 4.74 Å². The molecule has 2 unspecified atom stereocenters. The first kappa shape index (κ1) is 20.9. The number of nitrogens with zero attached hydrogens (tertiary/aromatic N) is 3. The van der Waals surface area contributed by atoms with Crippen molar-refractivity contribution >= 4 is 5.91 Å². The fourth-order valence-corrected chi connectivity index (χ4v) is 5.95. The SMILES string of the molecule is CC(C)N(CC1CCCN2CCCCC12)C(=O)CC1(n2cccc2)CCOCC1. The summed E-state index contributed by atoms with van der Waals surface area (Å²) in [6, 6.07) is 5.08. The van der Waals surface area contributed by atoms with Crippen LogP contribution >= 0.6 is 0 Å². The standard InChI is InChI=1S/C24H39N3O2/c1-20(2)27(19-21-8-7-13-25-12-4-3-9-22(21)25)23(28)18-24(10-16-29-17-11-24)26-14-5-6-15-26/h5-6,14-15,20-22H,3-4,7-13,16-19H2,1-2H3. The van der Waals surface area contributed by atoms with Crippen LogP contribution in [-0.2, 0) is 15.1 Å². The van der Waals surface area contributed by atoms with E-state index < -0.39 is 0 Å². The number of amides is 1. The van der Waals surface area contributed by atoms with E-state index >= 15 is 0 Å². The Morgan fingerprint density at radius 2 is 1.83 bits per heavy atom. The average Bonchev–Trinajstić information content (AvgIpc) is 3.28. The summed E-state index contributed by atoms with van der Waals surface area (Å²) in [6.45, 7) is 9.30. The molecule has 1 aromatic rings. The highest BCUT2D eigenvalue weighted by molar-refractivity contribution is 5.77. The molecule has 0 bridgehead atoms. The van der Waals surface area contributed by atoms with Crippen molar-refractivity contribution in [3.05, 3.63) is 24.5 Å². The van der Waals surface area contributed by atoms with Gasteiger partial charge in [0.15, 0.2) is 0 Å². The molecule has 29 heavy (non-hydrogen) atoms. The summed E-state index contributed by atoms with van der Waals surface area (Å²) in [5.41, 5.74) is -0.130. The predicted molar refractivity (Wildman–Crippen MR) is 116 cm³/mol. The lowest BCUT2D eigenvalue weighted by molar-refractivity contribution is -0.138. The minimum absolute atomic E-state index is 0.130. The molecule has 162 valence electrons. The Labute approximate surface area is 176 Å². The topological polar surface area (TPSA) is 37.7 Å². The van der Waals surface area contributed by atoms with Crippen LogP contribution in [-0.4, -0.2) is 65.2 Å². The highest BCUT2D eigenvalue weighted by Gasteiger charge is 2.40. The van der Waals surface area contributed by atoms with E-state index in [1.807, 2.05) is 0 Å². The first-order valence-corrected chi connectivity index (χ1v) is 11.8.